The van der Waals surface area contributed by atoms with E-state index in [4.69, 9.17) is 9.73 Å². The predicted octanol–water partition coefficient (Wildman–Crippen LogP) is 9.51. The predicted molar refractivity (Wildman–Crippen MR) is 240 cm³/mol. The molecule has 1 atom stereocenters. The van der Waals surface area contributed by atoms with Crippen LogP contribution < -0.4 is 10.0 Å². The first kappa shape index (κ1) is 42.2. The number of nitrogens with one attached hydrogen (secondary N) is 3. The fraction of sp³-hybridized carbons (Fsp3) is 0.255. The summed E-state index contributed by atoms with van der Waals surface area (Å²) in [6.45, 7) is 15.5. The van der Waals surface area contributed by atoms with Crippen molar-refractivity contribution < 1.29 is 27.1 Å². The third-order valence-corrected chi connectivity index (χ3v) is 13.5. The Morgan fingerprint density at radius 1 is 0.903 bits per heavy atom. The highest BCUT2D eigenvalue weighted by Gasteiger charge is 2.33. The van der Waals surface area contributed by atoms with Gasteiger partial charge >= 0.3 is 5.97 Å². The van der Waals surface area contributed by atoms with Crippen LogP contribution in [0.5, 0.6) is 0 Å². The van der Waals surface area contributed by atoms with Gasteiger partial charge in [-0.2, -0.15) is 0 Å². The minimum absolute atomic E-state index is 0.0317. The van der Waals surface area contributed by atoms with Crippen LogP contribution in [-0.2, 0) is 26.1 Å². The zero-order chi connectivity index (χ0) is 44.2. The van der Waals surface area contributed by atoms with Gasteiger partial charge in [0, 0.05) is 45.3 Å². The summed E-state index contributed by atoms with van der Waals surface area (Å²) in [6.07, 6.45) is 1.81. The molecule has 1 unspecified atom stereocenters. The van der Waals surface area contributed by atoms with Crippen molar-refractivity contribution in [3.05, 3.63) is 146 Å². The van der Waals surface area contributed by atoms with Gasteiger partial charge in [-0.1, -0.05) is 48.5 Å². The van der Waals surface area contributed by atoms with E-state index in [0.717, 1.165) is 43.1 Å². The Morgan fingerprint density at radius 2 is 1.61 bits per heavy atom. The minimum Gasteiger partial charge on any atom is -0.460 e. The summed E-state index contributed by atoms with van der Waals surface area (Å²) in [4.78, 5) is 35.8. The highest BCUT2D eigenvalue weighted by Crippen LogP contribution is 2.40. The number of hydrogen-bond donors (Lipinski definition) is 3. The normalized spacial score (nSPS) is 13.9. The molecule has 4 aromatic carbocycles. The van der Waals surface area contributed by atoms with Crippen LogP contribution in [-0.4, -0.2) is 51.4 Å². The van der Waals surface area contributed by atoms with Gasteiger partial charge in [0.1, 0.15) is 28.3 Å². The van der Waals surface area contributed by atoms with Crippen molar-refractivity contribution in [2.24, 2.45) is 4.99 Å². The van der Waals surface area contributed by atoms with Crippen LogP contribution in [0.2, 0.25) is 0 Å². The number of rotatable bonds is 10. The molecule has 0 fully saturated rings. The maximum atomic E-state index is 15.8. The van der Waals surface area contributed by atoms with Crippen LogP contribution in [0.4, 0.5) is 10.1 Å². The lowest BCUT2D eigenvalue weighted by Crippen LogP contribution is -2.25. The van der Waals surface area contributed by atoms with E-state index in [2.05, 4.69) is 32.1 Å². The Morgan fingerprint density at radius 3 is 2.31 bits per heavy atom. The number of benzene rings is 4. The summed E-state index contributed by atoms with van der Waals surface area (Å²) in [5, 5.41) is 13.5. The molecule has 3 N–H and O–H groups in total. The molecule has 0 saturated heterocycles. The summed E-state index contributed by atoms with van der Waals surface area (Å²) in [5.74, 6) is -0.223. The molecule has 15 heteroatoms. The molecule has 3 aromatic heterocycles. The molecule has 0 radical (unpaired) electrons. The molecular formula is C47H46FN7O5S2. The second kappa shape index (κ2) is 16.1. The first-order chi connectivity index (χ1) is 29.4. The van der Waals surface area contributed by atoms with Gasteiger partial charge < -0.3 is 15.0 Å². The zero-order valence-corrected chi connectivity index (χ0v) is 37.2. The Labute approximate surface area is 363 Å². The van der Waals surface area contributed by atoms with Crippen molar-refractivity contribution in [3.63, 3.8) is 0 Å². The van der Waals surface area contributed by atoms with E-state index < -0.39 is 39.4 Å². The summed E-state index contributed by atoms with van der Waals surface area (Å²) >= 11 is 1.61. The Hall–Kier alpha value is -6.45. The van der Waals surface area contributed by atoms with Crippen molar-refractivity contribution in [2.75, 3.05) is 4.72 Å². The first-order valence-corrected chi connectivity index (χ1v) is 22.4. The number of thiophene rings is 1. The second-order valence-electron chi connectivity index (χ2n) is 16.5. The van der Waals surface area contributed by atoms with Gasteiger partial charge in [-0.3, -0.25) is 23.9 Å². The lowest BCUT2D eigenvalue weighted by Gasteiger charge is -2.21. The number of carbonyl (C=O) groups is 2. The summed E-state index contributed by atoms with van der Waals surface area (Å²) in [6, 6.07) is 20.9. The van der Waals surface area contributed by atoms with E-state index in [9.17, 15) is 18.0 Å². The minimum atomic E-state index is -3.90. The van der Waals surface area contributed by atoms with Crippen LogP contribution in [0.3, 0.4) is 0 Å². The Bertz CT molecular complexity index is 3050. The molecule has 1 aliphatic rings. The smallest absolute Gasteiger partial charge is 0.308 e. The van der Waals surface area contributed by atoms with E-state index in [1.807, 2.05) is 89.6 Å². The van der Waals surface area contributed by atoms with Crippen LogP contribution >= 0.6 is 11.3 Å². The van der Waals surface area contributed by atoms with E-state index in [1.54, 1.807) is 41.7 Å². The number of fused-ring (bicyclic) bond motifs is 4. The molecule has 0 spiro atoms. The molecule has 0 bridgehead atoms. The standard InChI is InChI=1S/C47H46FN7O5S2/c1-25-9-20-37(43-40(25)26(2)23-49-43)54-62(58,59)34-17-10-30(11-18-34)24-50-45(57)33-16-19-35(36(48)21-33)31-12-14-32(15-13-31)42-41-27(3)28(4)61-46(41)55-29(5)52-53-44(55)38(51-42)22-39(56)60-47(6,7)8/h9-21,23,38,49,54H,22,24H2,1-8H3,(H,50,57). The number of anilines is 1. The number of esters is 1. The number of aliphatic imine (C=N–C) groups is 1. The number of aromatic amines is 1. The molecule has 4 heterocycles. The van der Waals surface area contributed by atoms with Crippen molar-refractivity contribution in [1.82, 2.24) is 25.1 Å². The Kier molecular flexibility index (Phi) is 11.0. The highest BCUT2D eigenvalue weighted by atomic mass is 32.2. The van der Waals surface area contributed by atoms with Gasteiger partial charge in [-0.05, 0) is 114 Å². The number of amides is 1. The number of H-pyrrole nitrogens is 1. The average Bonchev–Trinajstić information content (AvgIpc) is 3.87. The van der Waals surface area contributed by atoms with Gasteiger partial charge in [0.2, 0.25) is 0 Å². The lowest BCUT2D eigenvalue weighted by atomic mass is 9.96. The first-order valence-electron chi connectivity index (χ1n) is 20.1. The number of nitrogens with zero attached hydrogens (tertiary/aromatic N) is 4. The van der Waals surface area contributed by atoms with E-state index >= 15 is 4.39 Å². The van der Waals surface area contributed by atoms with E-state index in [1.165, 1.54) is 18.2 Å². The number of carbonyl (C=O) groups excluding carboxylic acids is 2. The number of halogens is 1. The van der Waals surface area contributed by atoms with E-state index in [-0.39, 0.29) is 23.4 Å². The van der Waals surface area contributed by atoms with Gasteiger partial charge in [0.05, 0.1) is 28.2 Å². The van der Waals surface area contributed by atoms with Crippen molar-refractivity contribution in [1.29, 1.82) is 0 Å². The molecule has 1 aliphatic heterocycles. The maximum Gasteiger partial charge on any atom is 0.308 e. The molecule has 0 saturated carbocycles. The molecule has 7 aromatic rings. The summed E-state index contributed by atoms with van der Waals surface area (Å²) in [7, 11) is -3.90. The quantitative estimate of drug-likeness (QED) is 0.115. The second-order valence-corrected chi connectivity index (χ2v) is 19.4. The molecule has 62 heavy (non-hydrogen) atoms. The third kappa shape index (κ3) is 8.17. The van der Waals surface area contributed by atoms with Crippen LogP contribution in [0.15, 0.2) is 94.9 Å². The molecular weight excluding hydrogens is 826 g/mol. The molecule has 1 amide bonds. The van der Waals surface area contributed by atoms with Crippen molar-refractivity contribution >= 4 is 55.5 Å². The van der Waals surface area contributed by atoms with E-state index in [0.29, 0.717) is 45.3 Å². The average molecular weight is 872 g/mol. The van der Waals surface area contributed by atoms with Gasteiger partial charge in [-0.15, -0.1) is 21.5 Å². The number of ether oxygens (including phenoxy) is 1. The number of aryl methyl sites for hydroxylation is 4. The summed E-state index contributed by atoms with van der Waals surface area (Å²) in [5.41, 5.74) is 7.70. The van der Waals surface area contributed by atoms with Crippen molar-refractivity contribution in [3.8, 4) is 16.1 Å². The molecule has 8 rings (SSSR count). The topological polar surface area (TPSA) is 160 Å². The fourth-order valence-corrected chi connectivity index (χ4v) is 10.0. The van der Waals surface area contributed by atoms with Crippen LogP contribution in [0.25, 0.3) is 27.0 Å². The zero-order valence-electron chi connectivity index (χ0n) is 35.6. The molecule has 318 valence electrons. The van der Waals surface area contributed by atoms with Crippen molar-refractivity contribution in [2.45, 2.75) is 84.9 Å². The lowest BCUT2D eigenvalue weighted by molar-refractivity contribution is -0.155. The van der Waals surface area contributed by atoms with Gasteiger partial charge in [0.15, 0.2) is 5.82 Å². The largest absolute Gasteiger partial charge is 0.460 e. The van der Waals surface area contributed by atoms with Gasteiger partial charge in [0.25, 0.3) is 15.9 Å². The third-order valence-electron chi connectivity index (χ3n) is 10.9. The number of sulfonamides is 1. The number of hydrogen-bond acceptors (Lipinski definition) is 9. The number of aromatic nitrogens is 4. The maximum absolute atomic E-state index is 15.8. The SMILES string of the molecule is Cc1sc2c(c1C)C(c1ccc(-c3ccc(C(=O)NCc4ccc(S(=O)(=O)Nc5ccc(C)c6c(C)c[nH]c56)cc4)cc3F)cc1)=NC(CC(=O)OC(C)(C)C)c1nnc(C)n1-2. The van der Waals surface area contributed by atoms with Crippen LogP contribution in [0.1, 0.15) is 93.5 Å². The summed E-state index contributed by atoms with van der Waals surface area (Å²) < 4.78 is 52.7. The Balaban J connectivity index is 0.972. The fourth-order valence-electron chi connectivity index (χ4n) is 7.74. The highest BCUT2D eigenvalue weighted by molar-refractivity contribution is 7.92. The molecule has 12 nitrogen and oxygen atoms in total. The van der Waals surface area contributed by atoms with Crippen LogP contribution in [0, 0.1) is 40.4 Å². The molecule has 0 aliphatic carbocycles. The monoisotopic (exact) mass is 871 g/mol. The van der Waals surface area contributed by atoms with Gasteiger partial charge in [-0.25, -0.2) is 12.8 Å².